The summed E-state index contributed by atoms with van der Waals surface area (Å²) in [6.45, 7) is 3.98. The molecule has 29 heavy (non-hydrogen) atoms. The third kappa shape index (κ3) is 4.71. The molecule has 1 amide bonds. The topological polar surface area (TPSA) is 44.8 Å². The molecule has 7 heteroatoms. The van der Waals surface area contributed by atoms with Gasteiger partial charge in [-0.15, -0.1) is 0 Å². The highest BCUT2D eigenvalue weighted by molar-refractivity contribution is 6.30. The minimum absolute atomic E-state index is 0.00908. The molecule has 0 bridgehead atoms. The first-order chi connectivity index (χ1) is 14.0. The molecule has 1 N–H and O–H groups in total. The van der Waals surface area contributed by atoms with Crippen molar-refractivity contribution in [3.05, 3.63) is 58.4 Å². The quantitative estimate of drug-likeness (QED) is 0.774. The van der Waals surface area contributed by atoms with Crippen molar-refractivity contribution < 1.29 is 13.9 Å². The molecule has 0 unspecified atom stereocenters. The molecule has 1 saturated carbocycles. The summed E-state index contributed by atoms with van der Waals surface area (Å²) in [6.07, 6.45) is 2.59. The van der Waals surface area contributed by atoms with Crippen molar-refractivity contribution in [1.82, 2.24) is 15.1 Å². The molecule has 154 valence electrons. The van der Waals surface area contributed by atoms with Gasteiger partial charge in [0.15, 0.2) is 0 Å². The lowest BCUT2D eigenvalue weighted by molar-refractivity contribution is 0.0627. The Labute approximate surface area is 175 Å². The van der Waals surface area contributed by atoms with Gasteiger partial charge in [-0.25, -0.2) is 4.39 Å². The number of carbonyl (C=O) groups excluding carboxylic acids is 1. The van der Waals surface area contributed by atoms with E-state index in [-0.39, 0.29) is 10.9 Å². The number of piperazine rings is 1. The molecule has 1 aliphatic carbocycles. The molecule has 0 spiro atoms. The van der Waals surface area contributed by atoms with E-state index in [1.807, 2.05) is 18.0 Å². The molecule has 0 radical (unpaired) electrons. The van der Waals surface area contributed by atoms with Gasteiger partial charge in [-0.3, -0.25) is 9.69 Å². The van der Waals surface area contributed by atoms with Crippen molar-refractivity contribution in [2.24, 2.45) is 0 Å². The van der Waals surface area contributed by atoms with Crippen molar-refractivity contribution in [2.45, 2.75) is 25.4 Å². The van der Waals surface area contributed by atoms with Gasteiger partial charge in [-0.1, -0.05) is 11.6 Å². The molecular weight excluding hydrogens is 393 g/mol. The highest BCUT2D eigenvalue weighted by Crippen LogP contribution is 2.30. The van der Waals surface area contributed by atoms with Crippen LogP contribution in [0.2, 0.25) is 5.02 Å². The lowest BCUT2D eigenvalue weighted by Crippen LogP contribution is -2.49. The van der Waals surface area contributed by atoms with E-state index in [2.05, 4.69) is 10.2 Å². The second-order valence-electron chi connectivity index (χ2n) is 7.59. The maximum Gasteiger partial charge on any atom is 0.253 e. The van der Waals surface area contributed by atoms with Gasteiger partial charge in [0.1, 0.15) is 17.3 Å². The van der Waals surface area contributed by atoms with Crippen molar-refractivity contribution >= 4 is 17.5 Å². The van der Waals surface area contributed by atoms with Gasteiger partial charge in [0.2, 0.25) is 0 Å². The van der Waals surface area contributed by atoms with Crippen LogP contribution in [0.25, 0.3) is 0 Å². The Morgan fingerprint density at radius 1 is 1.17 bits per heavy atom. The third-order valence-electron chi connectivity index (χ3n) is 5.46. The molecule has 2 aromatic carbocycles. The van der Waals surface area contributed by atoms with Gasteiger partial charge in [0.25, 0.3) is 5.91 Å². The van der Waals surface area contributed by atoms with Crippen LogP contribution in [0.5, 0.6) is 11.5 Å². The summed E-state index contributed by atoms with van der Waals surface area (Å²) in [6, 6.07) is 10.4. The van der Waals surface area contributed by atoms with Crippen LogP contribution in [0, 0.1) is 5.82 Å². The number of benzene rings is 2. The van der Waals surface area contributed by atoms with Crippen LogP contribution in [0.3, 0.4) is 0 Å². The number of hydrogen-bond acceptors (Lipinski definition) is 4. The number of nitrogens with zero attached hydrogens (tertiary/aromatic N) is 2. The fourth-order valence-corrected chi connectivity index (χ4v) is 3.89. The maximum absolute atomic E-state index is 13.4. The third-order valence-corrected chi connectivity index (χ3v) is 5.75. The van der Waals surface area contributed by atoms with Crippen LogP contribution in [0.1, 0.15) is 28.8 Å². The lowest BCUT2D eigenvalue weighted by atomic mass is 10.1. The van der Waals surface area contributed by atoms with Crippen LogP contribution in [-0.4, -0.2) is 55.0 Å². The smallest absolute Gasteiger partial charge is 0.253 e. The summed E-state index contributed by atoms with van der Waals surface area (Å²) in [5.41, 5.74) is 1.51. The number of carbonyl (C=O) groups is 1. The summed E-state index contributed by atoms with van der Waals surface area (Å²) in [5, 5.41) is 3.11. The largest absolute Gasteiger partial charge is 0.457 e. The minimum Gasteiger partial charge on any atom is -0.457 e. The second kappa shape index (κ2) is 8.69. The van der Waals surface area contributed by atoms with Crippen LogP contribution in [0.4, 0.5) is 4.39 Å². The molecule has 1 saturated heterocycles. The minimum atomic E-state index is -0.489. The lowest BCUT2D eigenvalue weighted by Gasteiger charge is -2.35. The Morgan fingerprint density at radius 3 is 2.59 bits per heavy atom. The Kier molecular flexibility index (Phi) is 6.04. The molecule has 5 nitrogen and oxygen atoms in total. The fourth-order valence-electron chi connectivity index (χ4n) is 3.72. The van der Waals surface area contributed by atoms with Crippen LogP contribution >= 0.6 is 11.6 Å². The van der Waals surface area contributed by atoms with Gasteiger partial charge in [0.05, 0.1) is 5.02 Å². The molecule has 1 aliphatic heterocycles. The summed E-state index contributed by atoms with van der Waals surface area (Å²) in [5.74, 6) is 0.618. The standard InChI is InChI=1S/C22H25ClFN3O2/c1-25-14-16-12-15(22(28)27-10-8-26(9-11-27)17-3-4-17)2-7-21(16)29-18-5-6-20(24)19(23)13-18/h2,5-7,12-13,17,25H,3-4,8-11,14H2,1H3. The number of halogens is 2. The average Bonchev–Trinajstić information content (AvgIpc) is 3.57. The molecular formula is C22H25ClFN3O2. The van der Waals surface area contributed by atoms with E-state index >= 15 is 0 Å². The van der Waals surface area contributed by atoms with Gasteiger partial charge < -0.3 is 15.0 Å². The normalized spacial score (nSPS) is 17.4. The zero-order valence-corrected chi connectivity index (χ0v) is 17.2. The molecule has 4 rings (SSSR count). The van der Waals surface area contributed by atoms with Gasteiger partial charge in [-0.2, -0.15) is 0 Å². The Bertz CT molecular complexity index is 896. The average molecular weight is 418 g/mol. The highest BCUT2D eigenvalue weighted by Gasteiger charge is 2.32. The number of amides is 1. The first-order valence-corrected chi connectivity index (χ1v) is 10.4. The predicted octanol–water partition coefficient (Wildman–Crippen LogP) is 3.91. The molecule has 0 atom stereocenters. The molecule has 2 aliphatic rings. The van der Waals surface area contributed by atoms with E-state index in [0.717, 1.165) is 37.8 Å². The van der Waals surface area contributed by atoms with E-state index in [0.29, 0.717) is 23.6 Å². The maximum atomic E-state index is 13.4. The molecule has 2 fully saturated rings. The summed E-state index contributed by atoms with van der Waals surface area (Å²) in [4.78, 5) is 17.4. The number of hydrogen-bond donors (Lipinski definition) is 1. The van der Waals surface area contributed by atoms with Gasteiger partial charge in [0, 0.05) is 56.0 Å². The van der Waals surface area contributed by atoms with Crippen LogP contribution < -0.4 is 10.1 Å². The first kappa shape index (κ1) is 20.1. The summed E-state index contributed by atoms with van der Waals surface area (Å²) < 4.78 is 19.3. The van der Waals surface area contributed by atoms with E-state index in [1.54, 1.807) is 12.1 Å². The number of nitrogens with one attached hydrogen (secondary N) is 1. The van der Waals surface area contributed by atoms with E-state index in [1.165, 1.54) is 31.0 Å². The number of rotatable bonds is 6. The second-order valence-corrected chi connectivity index (χ2v) is 8.00. The van der Waals surface area contributed by atoms with Crippen molar-refractivity contribution in [3.63, 3.8) is 0 Å². The Hall–Kier alpha value is -2.15. The Morgan fingerprint density at radius 2 is 1.93 bits per heavy atom. The summed E-state index contributed by atoms with van der Waals surface area (Å²) >= 11 is 5.85. The zero-order chi connectivity index (χ0) is 20.4. The van der Waals surface area contributed by atoms with Crippen LogP contribution in [-0.2, 0) is 6.54 Å². The predicted molar refractivity (Wildman–Crippen MR) is 111 cm³/mol. The first-order valence-electron chi connectivity index (χ1n) is 9.99. The summed E-state index contributed by atoms with van der Waals surface area (Å²) in [7, 11) is 1.84. The van der Waals surface area contributed by atoms with Gasteiger partial charge >= 0.3 is 0 Å². The van der Waals surface area contributed by atoms with E-state index in [9.17, 15) is 9.18 Å². The van der Waals surface area contributed by atoms with Crippen molar-refractivity contribution in [1.29, 1.82) is 0 Å². The highest BCUT2D eigenvalue weighted by atomic mass is 35.5. The number of ether oxygens (including phenoxy) is 1. The van der Waals surface area contributed by atoms with Crippen molar-refractivity contribution in [3.8, 4) is 11.5 Å². The SMILES string of the molecule is CNCc1cc(C(=O)N2CCN(C3CC3)CC2)ccc1Oc1ccc(F)c(Cl)c1. The monoisotopic (exact) mass is 417 g/mol. The van der Waals surface area contributed by atoms with Gasteiger partial charge in [-0.05, 0) is 50.2 Å². The molecule has 1 heterocycles. The fraction of sp³-hybridized carbons (Fsp3) is 0.409. The van der Waals surface area contributed by atoms with Crippen LogP contribution in [0.15, 0.2) is 36.4 Å². The van der Waals surface area contributed by atoms with E-state index in [4.69, 9.17) is 16.3 Å². The Balaban J connectivity index is 1.48. The molecule has 2 aromatic rings. The molecule has 0 aromatic heterocycles. The van der Waals surface area contributed by atoms with E-state index < -0.39 is 5.82 Å². The zero-order valence-electron chi connectivity index (χ0n) is 16.5. The van der Waals surface area contributed by atoms with Crippen molar-refractivity contribution in [2.75, 3.05) is 33.2 Å².